The number of nitrogens with zero attached hydrogens (tertiary/aromatic N) is 2. The van der Waals surface area contributed by atoms with E-state index in [1.165, 1.54) is 6.08 Å². The number of nitro groups is 1. The highest BCUT2D eigenvalue weighted by atomic mass is 16.6. The average molecular weight is 339 g/mol. The van der Waals surface area contributed by atoms with Crippen molar-refractivity contribution >= 4 is 28.6 Å². The number of aromatic hydroxyl groups is 1. The Morgan fingerprint density at radius 3 is 2.56 bits per heavy atom. The van der Waals surface area contributed by atoms with Crippen LogP contribution in [-0.4, -0.2) is 27.1 Å². The van der Waals surface area contributed by atoms with Gasteiger partial charge in [0, 0.05) is 5.39 Å². The van der Waals surface area contributed by atoms with E-state index in [1.807, 2.05) is 36.4 Å². The first-order chi connectivity index (χ1) is 12.0. The standard InChI is InChI=1S/C17H13N3O5/c1-25-13-8-6-10(11-4-2-3-5-12(11)13)7-9-14-18-16(21)15(20(23)24)17(22)19-14/h2-9H,1H3,(H2,18,19,21,22). The molecule has 8 nitrogen and oxygen atoms in total. The van der Waals surface area contributed by atoms with Gasteiger partial charge in [-0.2, -0.15) is 4.98 Å². The Morgan fingerprint density at radius 2 is 1.92 bits per heavy atom. The van der Waals surface area contributed by atoms with Gasteiger partial charge in [-0.15, -0.1) is 0 Å². The second-order valence-electron chi connectivity index (χ2n) is 5.12. The maximum absolute atomic E-state index is 11.7. The van der Waals surface area contributed by atoms with E-state index in [0.717, 1.165) is 22.1 Å². The topological polar surface area (TPSA) is 118 Å². The SMILES string of the molecule is COc1ccc(C=Cc2nc(O)c([N+](=O)[O-])c(=O)[nH]2)c2ccccc12. The van der Waals surface area contributed by atoms with Crippen LogP contribution in [0.25, 0.3) is 22.9 Å². The molecule has 0 unspecified atom stereocenters. The third kappa shape index (κ3) is 3.05. The maximum atomic E-state index is 11.7. The lowest BCUT2D eigenvalue weighted by molar-refractivity contribution is -0.387. The zero-order chi connectivity index (χ0) is 18.0. The minimum Gasteiger partial charge on any atom is -0.496 e. The largest absolute Gasteiger partial charge is 0.496 e. The average Bonchev–Trinajstić information content (AvgIpc) is 2.58. The Labute approximate surface area is 141 Å². The maximum Gasteiger partial charge on any atom is 0.395 e. The van der Waals surface area contributed by atoms with Gasteiger partial charge in [0.25, 0.3) is 5.88 Å². The zero-order valence-corrected chi connectivity index (χ0v) is 13.1. The van der Waals surface area contributed by atoms with Gasteiger partial charge in [-0.05, 0) is 23.1 Å². The van der Waals surface area contributed by atoms with Crippen LogP contribution in [0.3, 0.4) is 0 Å². The molecular formula is C17H13N3O5. The lowest BCUT2D eigenvalue weighted by atomic mass is 10.0. The molecule has 3 rings (SSSR count). The third-order valence-electron chi connectivity index (χ3n) is 3.64. The Hall–Kier alpha value is -3.68. The quantitative estimate of drug-likeness (QED) is 0.557. The molecule has 0 aliphatic rings. The fourth-order valence-corrected chi connectivity index (χ4v) is 2.50. The van der Waals surface area contributed by atoms with E-state index in [1.54, 1.807) is 13.2 Å². The van der Waals surface area contributed by atoms with Crippen molar-refractivity contribution in [3.8, 4) is 11.6 Å². The summed E-state index contributed by atoms with van der Waals surface area (Å²) in [5.41, 5.74) is -1.17. The first-order valence-electron chi connectivity index (χ1n) is 7.22. The minimum atomic E-state index is -1.02. The minimum absolute atomic E-state index is 0.00741. The number of aromatic amines is 1. The summed E-state index contributed by atoms with van der Waals surface area (Å²) in [6, 6.07) is 11.3. The predicted octanol–water partition coefficient (Wildman–Crippen LogP) is 2.72. The van der Waals surface area contributed by atoms with Crippen LogP contribution in [0, 0.1) is 10.1 Å². The van der Waals surface area contributed by atoms with Crippen LogP contribution in [0.5, 0.6) is 11.6 Å². The van der Waals surface area contributed by atoms with Crippen molar-refractivity contribution in [2.45, 2.75) is 0 Å². The molecule has 2 N–H and O–H groups in total. The normalized spacial score (nSPS) is 11.1. The summed E-state index contributed by atoms with van der Waals surface area (Å²) < 4.78 is 5.33. The van der Waals surface area contributed by atoms with Gasteiger partial charge in [-0.3, -0.25) is 14.9 Å². The highest BCUT2D eigenvalue weighted by molar-refractivity contribution is 5.96. The molecular weight excluding hydrogens is 326 g/mol. The second kappa shape index (κ2) is 6.44. The molecule has 0 saturated heterocycles. The van der Waals surface area contributed by atoms with Gasteiger partial charge in [0.15, 0.2) is 0 Å². The van der Waals surface area contributed by atoms with Gasteiger partial charge in [0.2, 0.25) is 0 Å². The van der Waals surface area contributed by atoms with Crippen molar-refractivity contribution < 1.29 is 14.8 Å². The van der Waals surface area contributed by atoms with E-state index < -0.39 is 22.0 Å². The molecule has 1 aromatic heterocycles. The third-order valence-corrected chi connectivity index (χ3v) is 3.64. The molecule has 0 aliphatic heterocycles. The molecule has 0 amide bonds. The van der Waals surface area contributed by atoms with Crippen molar-refractivity contribution in [1.82, 2.24) is 9.97 Å². The highest BCUT2D eigenvalue weighted by Gasteiger charge is 2.21. The molecule has 3 aromatic rings. The number of methoxy groups -OCH3 is 1. The Kier molecular flexibility index (Phi) is 4.17. The molecule has 0 saturated carbocycles. The van der Waals surface area contributed by atoms with Crippen LogP contribution in [0.1, 0.15) is 11.4 Å². The first kappa shape index (κ1) is 16.2. The first-order valence-corrected chi connectivity index (χ1v) is 7.22. The number of hydrogen-bond donors (Lipinski definition) is 2. The fraction of sp³-hybridized carbons (Fsp3) is 0.0588. The van der Waals surface area contributed by atoms with Crippen LogP contribution in [0.2, 0.25) is 0 Å². The van der Waals surface area contributed by atoms with E-state index >= 15 is 0 Å². The van der Waals surface area contributed by atoms with E-state index in [9.17, 15) is 20.0 Å². The zero-order valence-electron chi connectivity index (χ0n) is 13.1. The number of rotatable bonds is 4. The Morgan fingerprint density at radius 1 is 1.20 bits per heavy atom. The molecule has 1 heterocycles. The van der Waals surface area contributed by atoms with E-state index in [0.29, 0.717) is 0 Å². The Bertz CT molecular complexity index is 1060. The number of aromatic nitrogens is 2. The van der Waals surface area contributed by atoms with Crippen molar-refractivity contribution in [3.05, 3.63) is 68.3 Å². The highest BCUT2D eigenvalue weighted by Crippen LogP contribution is 2.29. The molecule has 25 heavy (non-hydrogen) atoms. The van der Waals surface area contributed by atoms with E-state index in [4.69, 9.17) is 4.74 Å². The Balaban J connectivity index is 2.05. The van der Waals surface area contributed by atoms with Crippen LogP contribution in [-0.2, 0) is 0 Å². The molecule has 0 spiro atoms. The molecule has 0 aliphatic carbocycles. The monoisotopic (exact) mass is 339 g/mol. The van der Waals surface area contributed by atoms with Gasteiger partial charge in [0.1, 0.15) is 11.6 Å². The van der Waals surface area contributed by atoms with Crippen LogP contribution < -0.4 is 10.3 Å². The van der Waals surface area contributed by atoms with Gasteiger partial charge in [0.05, 0.1) is 12.0 Å². The molecule has 2 aromatic carbocycles. The number of ether oxygens (including phenoxy) is 1. The van der Waals surface area contributed by atoms with Crippen molar-refractivity contribution in [2.75, 3.05) is 7.11 Å². The number of H-pyrrole nitrogens is 1. The number of nitrogens with one attached hydrogen (secondary N) is 1. The summed E-state index contributed by atoms with van der Waals surface area (Å²) >= 11 is 0. The number of benzene rings is 2. The smallest absolute Gasteiger partial charge is 0.395 e. The van der Waals surface area contributed by atoms with Crippen LogP contribution >= 0.6 is 0 Å². The molecule has 0 bridgehead atoms. The molecule has 126 valence electrons. The predicted molar refractivity (Wildman–Crippen MR) is 92.6 cm³/mol. The van der Waals surface area contributed by atoms with Crippen LogP contribution in [0.4, 0.5) is 5.69 Å². The van der Waals surface area contributed by atoms with Crippen LogP contribution in [0.15, 0.2) is 41.2 Å². The molecule has 0 atom stereocenters. The lowest BCUT2D eigenvalue weighted by Gasteiger charge is -2.07. The number of fused-ring (bicyclic) bond motifs is 1. The summed E-state index contributed by atoms with van der Waals surface area (Å²) in [6.07, 6.45) is 3.14. The number of hydrogen-bond acceptors (Lipinski definition) is 6. The van der Waals surface area contributed by atoms with Crippen molar-refractivity contribution in [1.29, 1.82) is 0 Å². The summed E-state index contributed by atoms with van der Waals surface area (Å²) in [5, 5.41) is 22.1. The van der Waals surface area contributed by atoms with E-state index in [2.05, 4.69) is 9.97 Å². The lowest BCUT2D eigenvalue weighted by Crippen LogP contribution is -2.14. The summed E-state index contributed by atoms with van der Waals surface area (Å²) in [4.78, 5) is 27.3. The molecule has 0 radical (unpaired) electrons. The van der Waals surface area contributed by atoms with Gasteiger partial charge < -0.3 is 14.8 Å². The van der Waals surface area contributed by atoms with Gasteiger partial charge >= 0.3 is 11.2 Å². The molecule has 0 fully saturated rings. The summed E-state index contributed by atoms with van der Waals surface area (Å²) in [5.74, 6) is -0.187. The second-order valence-corrected chi connectivity index (χ2v) is 5.12. The van der Waals surface area contributed by atoms with Crippen molar-refractivity contribution in [2.24, 2.45) is 0 Å². The van der Waals surface area contributed by atoms with Gasteiger partial charge in [-0.25, -0.2) is 0 Å². The van der Waals surface area contributed by atoms with Crippen molar-refractivity contribution in [3.63, 3.8) is 0 Å². The fourth-order valence-electron chi connectivity index (χ4n) is 2.50. The van der Waals surface area contributed by atoms with Gasteiger partial charge in [-0.1, -0.05) is 36.4 Å². The molecule has 8 heteroatoms. The summed E-state index contributed by atoms with van der Waals surface area (Å²) in [7, 11) is 1.59. The van der Waals surface area contributed by atoms with E-state index in [-0.39, 0.29) is 5.82 Å². The summed E-state index contributed by atoms with van der Waals surface area (Å²) in [6.45, 7) is 0.